The maximum atomic E-state index is 13.4. The first-order chi connectivity index (χ1) is 22.0. The molecular weight excluding hydrogens is 604 g/mol. The molecule has 5 aromatic rings. The van der Waals surface area contributed by atoms with Gasteiger partial charge in [-0.3, -0.25) is 9.59 Å². The number of benzene rings is 4. The largest absolute Gasteiger partial charge is 0.456 e. The van der Waals surface area contributed by atoms with Gasteiger partial charge in [-0.2, -0.15) is 0 Å². The van der Waals surface area contributed by atoms with Gasteiger partial charge < -0.3 is 35.6 Å². The van der Waals surface area contributed by atoms with E-state index in [2.05, 4.69) is 15.6 Å². The third-order valence-corrected chi connectivity index (χ3v) is 9.01. The van der Waals surface area contributed by atoms with Crippen LogP contribution in [0.15, 0.2) is 72.8 Å². The normalized spacial score (nSPS) is 13.7. The quantitative estimate of drug-likeness (QED) is 0.222. The summed E-state index contributed by atoms with van der Waals surface area (Å²) in [6.07, 6.45) is 0. The van der Waals surface area contributed by atoms with Crippen molar-refractivity contribution in [1.29, 1.82) is 0 Å². The predicted octanol–water partition coefficient (Wildman–Crippen LogP) is 4.95. The van der Waals surface area contributed by atoms with Crippen molar-refractivity contribution >= 4 is 61.5 Å². The zero-order valence-electron chi connectivity index (χ0n) is 25.5. The first kappa shape index (κ1) is 29.1. The number of anilines is 4. The summed E-state index contributed by atoms with van der Waals surface area (Å²) in [6, 6.07) is 21.6. The van der Waals surface area contributed by atoms with E-state index in [0.29, 0.717) is 44.6 Å². The van der Waals surface area contributed by atoms with Crippen LogP contribution in [-0.2, 0) is 15.1 Å². The number of nitrogen functional groups attached to an aromatic ring is 1. The molecule has 0 saturated carbocycles. The number of nitrogens with zero attached hydrogens (tertiary/aromatic N) is 3. The molecule has 11 nitrogen and oxygen atoms in total. The molecule has 232 valence electrons. The van der Waals surface area contributed by atoms with Crippen molar-refractivity contribution in [2.24, 2.45) is 0 Å². The Morgan fingerprint density at radius 2 is 1.54 bits per heavy atom. The number of esters is 1. The molecule has 1 aromatic heterocycles. The van der Waals surface area contributed by atoms with Crippen molar-refractivity contribution in [3.05, 3.63) is 101 Å². The second kappa shape index (κ2) is 10.8. The van der Waals surface area contributed by atoms with Crippen LogP contribution in [0.25, 0.3) is 10.2 Å². The number of nitrogens with one attached hydrogen (secondary N) is 2. The van der Waals surface area contributed by atoms with Gasteiger partial charge in [0.05, 0.1) is 22.3 Å². The van der Waals surface area contributed by atoms with Gasteiger partial charge in [-0.05, 0) is 60.7 Å². The standard InChI is InChI=1S/C34H30N6O5S/c1-39(2)20-7-10-23-27(15-20)44-28-16-21(40(3)4)8-11-24(28)34(23)25-13-18(5-9-22(25)32(43)45-34)31(42)36-17-30(41)37-19-6-12-26-29(14-19)46-33(35)38-26/h5-16H,17H2,1-4H3,(H2,35,38)(H,36,42)(H,37,41). The molecule has 2 aliphatic heterocycles. The zero-order valence-corrected chi connectivity index (χ0v) is 26.3. The number of amides is 2. The number of thiazole rings is 1. The van der Waals surface area contributed by atoms with Crippen molar-refractivity contribution in [2.45, 2.75) is 5.60 Å². The van der Waals surface area contributed by atoms with Crippen LogP contribution in [0.1, 0.15) is 37.4 Å². The van der Waals surface area contributed by atoms with Crippen LogP contribution in [0.2, 0.25) is 0 Å². The number of carbonyl (C=O) groups is 3. The molecule has 46 heavy (non-hydrogen) atoms. The summed E-state index contributed by atoms with van der Waals surface area (Å²) in [5, 5.41) is 5.92. The van der Waals surface area contributed by atoms with Crippen LogP contribution in [0.4, 0.5) is 22.2 Å². The lowest BCUT2D eigenvalue weighted by molar-refractivity contribution is -0.115. The smallest absolute Gasteiger partial charge is 0.340 e. The zero-order chi connectivity index (χ0) is 32.3. The predicted molar refractivity (Wildman–Crippen MR) is 178 cm³/mol. The molecule has 0 saturated heterocycles. The van der Waals surface area contributed by atoms with Crippen molar-refractivity contribution in [3.8, 4) is 11.5 Å². The average Bonchev–Trinajstić information content (AvgIpc) is 3.55. The average molecular weight is 635 g/mol. The van der Waals surface area contributed by atoms with Gasteiger partial charge in [0.2, 0.25) is 5.91 Å². The molecule has 0 bridgehead atoms. The number of aromatic nitrogens is 1. The number of rotatable bonds is 6. The highest BCUT2D eigenvalue weighted by Crippen LogP contribution is 2.57. The van der Waals surface area contributed by atoms with Crippen molar-refractivity contribution in [2.75, 3.05) is 55.6 Å². The van der Waals surface area contributed by atoms with Crippen molar-refractivity contribution in [1.82, 2.24) is 10.3 Å². The van der Waals surface area contributed by atoms with E-state index in [1.807, 2.05) is 74.4 Å². The monoisotopic (exact) mass is 634 g/mol. The Balaban J connectivity index is 1.21. The third kappa shape index (κ3) is 4.74. The number of nitrogens with two attached hydrogens (primary N) is 1. The second-order valence-electron chi connectivity index (χ2n) is 11.5. The van der Waals surface area contributed by atoms with E-state index in [0.717, 1.165) is 21.6 Å². The van der Waals surface area contributed by atoms with E-state index in [4.69, 9.17) is 15.2 Å². The molecule has 2 amide bonds. The maximum absolute atomic E-state index is 13.4. The molecule has 12 heteroatoms. The number of ether oxygens (including phenoxy) is 2. The molecule has 4 aromatic carbocycles. The fourth-order valence-electron chi connectivity index (χ4n) is 5.88. The minimum absolute atomic E-state index is 0.264. The Bertz CT molecular complexity index is 2030. The molecule has 0 radical (unpaired) electrons. The van der Waals surface area contributed by atoms with E-state index < -0.39 is 23.4 Å². The third-order valence-electron chi connectivity index (χ3n) is 8.17. The molecule has 0 aliphatic carbocycles. The Morgan fingerprint density at radius 1 is 0.870 bits per heavy atom. The Morgan fingerprint density at radius 3 is 2.20 bits per heavy atom. The molecule has 7 rings (SSSR count). The molecule has 0 fully saturated rings. The van der Waals surface area contributed by atoms with Gasteiger partial charge in [0.25, 0.3) is 5.91 Å². The lowest BCUT2D eigenvalue weighted by Crippen LogP contribution is -2.34. The lowest BCUT2D eigenvalue weighted by atomic mass is 9.77. The fourth-order valence-corrected chi connectivity index (χ4v) is 6.66. The first-order valence-electron chi connectivity index (χ1n) is 14.5. The SMILES string of the molecule is CN(C)c1ccc2c(c1)Oc1cc(N(C)C)ccc1C21OC(=O)c2ccc(C(=O)NCC(=O)Nc3ccc4nc(N)sc4c3)cc21. The maximum Gasteiger partial charge on any atom is 0.340 e. The van der Waals surface area contributed by atoms with Gasteiger partial charge in [0.1, 0.15) is 11.5 Å². The molecule has 0 atom stereocenters. The van der Waals surface area contributed by atoms with Gasteiger partial charge >= 0.3 is 5.97 Å². The summed E-state index contributed by atoms with van der Waals surface area (Å²) in [7, 11) is 7.74. The lowest BCUT2D eigenvalue weighted by Gasteiger charge is -2.37. The van der Waals surface area contributed by atoms with Crippen molar-refractivity contribution < 1.29 is 23.9 Å². The van der Waals surface area contributed by atoms with Crippen LogP contribution in [0, 0.1) is 0 Å². The first-order valence-corrected chi connectivity index (χ1v) is 15.3. The highest BCUT2D eigenvalue weighted by atomic mass is 32.1. The minimum atomic E-state index is -1.35. The van der Waals surface area contributed by atoms with E-state index >= 15 is 0 Å². The summed E-state index contributed by atoms with van der Waals surface area (Å²) in [4.78, 5) is 47.7. The molecule has 0 unspecified atom stereocenters. The Hall–Kier alpha value is -5.62. The number of hydrogen-bond acceptors (Lipinski definition) is 10. The second-order valence-corrected chi connectivity index (χ2v) is 12.6. The van der Waals surface area contributed by atoms with Crippen LogP contribution in [0.5, 0.6) is 11.5 Å². The van der Waals surface area contributed by atoms with Crippen LogP contribution in [0.3, 0.4) is 0 Å². The van der Waals surface area contributed by atoms with Crippen molar-refractivity contribution in [3.63, 3.8) is 0 Å². The Kier molecular flexibility index (Phi) is 6.82. The van der Waals surface area contributed by atoms with Gasteiger partial charge in [-0.15, -0.1) is 0 Å². The van der Waals surface area contributed by atoms with Crippen LogP contribution < -0.4 is 30.9 Å². The van der Waals surface area contributed by atoms with Crippen LogP contribution >= 0.6 is 11.3 Å². The topological polar surface area (TPSA) is 139 Å². The summed E-state index contributed by atoms with van der Waals surface area (Å²) in [5.41, 5.74) is 10.00. The highest BCUT2D eigenvalue weighted by Gasteiger charge is 2.54. The Labute approximate surface area is 268 Å². The van der Waals surface area contributed by atoms with E-state index in [1.165, 1.54) is 11.3 Å². The molecule has 2 aliphatic rings. The summed E-state index contributed by atoms with van der Waals surface area (Å²) < 4.78 is 13.6. The van der Waals surface area contributed by atoms with Gasteiger partial charge in [0, 0.05) is 79.6 Å². The molecular formula is C34H30N6O5S. The van der Waals surface area contributed by atoms with E-state index in [9.17, 15) is 14.4 Å². The van der Waals surface area contributed by atoms with Gasteiger partial charge in [-0.25, -0.2) is 9.78 Å². The van der Waals surface area contributed by atoms with E-state index in [1.54, 1.807) is 36.4 Å². The molecule has 3 heterocycles. The summed E-state index contributed by atoms with van der Waals surface area (Å²) >= 11 is 1.32. The summed E-state index contributed by atoms with van der Waals surface area (Å²) in [5.74, 6) is -0.297. The van der Waals surface area contributed by atoms with E-state index in [-0.39, 0.29) is 12.1 Å². The summed E-state index contributed by atoms with van der Waals surface area (Å²) in [6.45, 7) is -0.264. The van der Waals surface area contributed by atoms with Gasteiger partial charge in [-0.1, -0.05) is 11.3 Å². The molecule has 4 N–H and O–H groups in total. The highest BCUT2D eigenvalue weighted by molar-refractivity contribution is 7.22. The number of fused-ring (bicyclic) bond motifs is 7. The molecule has 1 spiro atoms. The fraction of sp³-hybridized carbons (Fsp3) is 0.176. The van der Waals surface area contributed by atoms with Crippen LogP contribution in [-0.4, -0.2) is 57.5 Å². The van der Waals surface area contributed by atoms with Gasteiger partial charge in [0.15, 0.2) is 10.7 Å². The number of hydrogen-bond donors (Lipinski definition) is 3. The number of carbonyl (C=O) groups excluding carboxylic acids is 3. The minimum Gasteiger partial charge on any atom is -0.456 e.